The van der Waals surface area contributed by atoms with Gasteiger partial charge in [-0.05, 0) is 6.42 Å². The lowest BCUT2D eigenvalue weighted by atomic mass is 9.86. The fraction of sp³-hybridized carbons (Fsp3) is 1.00. The molecule has 0 bridgehead atoms. The Labute approximate surface area is 158 Å². The van der Waals surface area contributed by atoms with Crippen LogP contribution in [0.25, 0.3) is 0 Å². The number of hydrogen-bond acceptors (Lipinski definition) is 2. The quantitative estimate of drug-likeness (QED) is 0.309. The van der Waals surface area contributed by atoms with Gasteiger partial charge in [-0.3, -0.25) is 0 Å². The molecule has 0 rings (SSSR count). The highest BCUT2D eigenvalue weighted by Crippen LogP contribution is 2.22. The molecule has 3 nitrogen and oxygen atoms in total. The van der Waals surface area contributed by atoms with Crippen molar-refractivity contribution < 1.29 is 15.9 Å². The van der Waals surface area contributed by atoms with Gasteiger partial charge in [-0.15, -0.1) is 0 Å². The zero-order chi connectivity index (χ0) is 17.9. The SMILES string of the molecule is CCCCCCCCCCCCCCCCC(C)(C)C[NH2+]CCO.[OH-]. The van der Waals surface area contributed by atoms with Gasteiger partial charge in [-0.2, -0.15) is 0 Å². The van der Waals surface area contributed by atoms with Crippen LogP contribution in [0.15, 0.2) is 0 Å². The van der Waals surface area contributed by atoms with Crippen LogP contribution in [0.5, 0.6) is 0 Å². The summed E-state index contributed by atoms with van der Waals surface area (Å²) in [4.78, 5) is 0. The molecule has 0 saturated carbocycles. The first kappa shape index (κ1) is 27.1. The first-order valence-corrected chi connectivity index (χ1v) is 11.0. The number of hydrogen-bond donors (Lipinski definition) is 2. The summed E-state index contributed by atoms with van der Waals surface area (Å²) in [5, 5.41) is 11.1. The van der Waals surface area contributed by atoms with E-state index in [9.17, 15) is 0 Å². The van der Waals surface area contributed by atoms with E-state index < -0.39 is 0 Å². The maximum Gasteiger partial charge on any atom is 0.0990 e. The predicted molar refractivity (Wildman–Crippen MR) is 109 cm³/mol. The summed E-state index contributed by atoms with van der Waals surface area (Å²) < 4.78 is 0. The molecule has 0 aliphatic heterocycles. The largest absolute Gasteiger partial charge is 0.870 e. The highest BCUT2D eigenvalue weighted by atomic mass is 16.3. The third-order valence-electron chi connectivity index (χ3n) is 5.24. The molecular formula is C22H49NO2. The molecule has 0 fully saturated rings. The maximum absolute atomic E-state index is 8.84. The van der Waals surface area contributed by atoms with Crippen LogP contribution >= 0.6 is 0 Å². The standard InChI is InChI=1S/C22H47NO.H2O/c1-4-5-6-7-8-9-10-11-12-13-14-15-16-17-18-22(2,3)21-23-19-20-24;/h23-24H,4-21H2,1-3H3;1H2. The van der Waals surface area contributed by atoms with Crippen LogP contribution < -0.4 is 5.32 Å². The minimum atomic E-state index is 0. The molecule has 0 radical (unpaired) electrons. The van der Waals surface area contributed by atoms with Crippen LogP contribution in [-0.2, 0) is 0 Å². The molecule has 0 atom stereocenters. The monoisotopic (exact) mass is 359 g/mol. The van der Waals surface area contributed by atoms with Gasteiger partial charge in [0.05, 0.1) is 19.7 Å². The Morgan fingerprint density at radius 2 is 1.08 bits per heavy atom. The normalized spacial score (nSPS) is 11.5. The van der Waals surface area contributed by atoms with Crippen molar-refractivity contribution in [2.75, 3.05) is 19.7 Å². The van der Waals surface area contributed by atoms with Crippen LogP contribution in [0.1, 0.15) is 117 Å². The van der Waals surface area contributed by atoms with Gasteiger partial charge in [0.1, 0.15) is 0 Å². The summed E-state index contributed by atoms with van der Waals surface area (Å²) in [5.74, 6) is 0. The molecule has 0 aromatic heterocycles. The summed E-state index contributed by atoms with van der Waals surface area (Å²) in [7, 11) is 0. The Kier molecular flexibility index (Phi) is 21.9. The molecule has 0 aromatic rings. The van der Waals surface area contributed by atoms with Crippen LogP contribution in [0.2, 0.25) is 0 Å². The number of aliphatic hydroxyl groups is 1. The molecule has 0 aliphatic carbocycles. The van der Waals surface area contributed by atoms with E-state index in [2.05, 4.69) is 26.1 Å². The molecule has 25 heavy (non-hydrogen) atoms. The van der Waals surface area contributed by atoms with Crippen molar-refractivity contribution in [1.82, 2.24) is 0 Å². The van der Waals surface area contributed by atoms with E-state index in [1.807, 2.05) is 0 Å². The van der Waals surface area contributed by atoms with Crippen LogP contribution in [0.3, 0.4) is 0 Å². The van der Waals surface area contributed by atoms with Gasteiger partial charge in [-0.25, -0.2) is 0 Å². The lowest BCUT2D eigenvalue weighted by molar-refractivity contribution is -0.666. The summed E-state index contributed by atoms with van der Waals surface area (Å²) in [6.07, 6.45) is 21.4. The van der Waals surface area contributed by atoms with E-state index in [0.717, 1.165) is 13.1 Å². The minimum absolute atomic E-state index is 0. The maximum atomic E-state index is 8.84. The van der Waals surface area contributed by atoms with Crippen molar-refractivity contribution in [1.29, 1.82) is 0 Å². The minimum Gasteiger partial charge on any atom is -0.870 e. The number of quaternary nitrogens is 1. The Morgan fingerprint density at radius 1 is 0.680 bits per heavy atom. The zero-order valence-corrected chi connectivity index (χ0v) is 17.7. The summed E-state index contributed by atoms with van der Waals surface area (Å²) >= 11 is 0. The van der Waals surface area contributed by atoms with Gasteiger partial charge in [0.2, 0.25) is 0 Å². The van der Waals surface area contributed by atoms with E-state index in [1.165, 1.54) is 96.3 Å². The lowest BCUT2D eigenvalue weighted by Gasteiger charge is -2.22. The van der Waals surface area contributed by atoms with Gasteiger partial charge < -0.3 is 15.9 Å². The number of unbranched alkanes of at least 4 members (excludes halogenated alkanes) is 13. The van der Waals surface area contributed by atoms with Gasteiger partial charge >= 0.3 is 0 Å². The van der Waals surface area contributed by atoms with Crippen LogP contribution in [0.4, 0.5) is 0 Å². The zero-order valence-electron chi connectivity index (χ0n) is 17.7. The van der Waals surface area contributed by atoms with Gasteiger partial charge in [0, 0.05) is 5.41 Å². The molecule has 0 aromatic carbocycles. The van der Waals surface area contributed by atoms with E-state index in [4.69, 9.17) is 5.11 Å². The summed E-state index contributed by atoms with van der Waals surface area (Å²) in [5.41, 5.74) is 0.423. The third kappa shape index (κ3) is 21.8. The predicted octanol–water partition coefficient (Wildman–Crippen LogP) is 5.26. The Bertz CT molecular complexity index is 244. The second-order valence-corrected chi connectivity index (χ2v) is 8.52. The molecule has 154 valence electrons. The summed E-state index contributed by atoms with van der Waals surface area (Å²) in [6, 6.07) is 0. The Morgan fingerprint density at radius 3 is 1.48 bits per heavy atom. The molecule has 0 spiro atoms. The molecular weight excluding hydrogens is 310 g/mol. The lowest BCUT2D eigenvalue weighted by Crippen LogP contribution is -2.87. The molecule has 0 heterocycles. The van der Waals surface area contributed by atoms with E-state index in [1.54, 1.807) is 0 Å². The molecule has 4 N–H and O–H groups in total. The first-order chi connectivity index (χ1) is 11.6. The van der Waals surface area contributed by atoms with Crippen molar-refractivity contribution in [2.24, 2.45) is 5.41 Å². The molecule has 0 saturated heterocycles. The highest BCUT2D eigenvalue weighted by Gasteiger charge is 2.18. The van der Waals surface area contributed by atoms with Gasteiger partial charge in [-0.1, -0.05) is 111 Å². The second kappa shape index (κ2) is 20.2. The van der Waals surface area contributed by atoms with Gasteiger partial charge in [0.25, 0.3) is 0 Å². The van der Waals surface area contributed by atoms with Crippen molar-refractivity contribution >= 4 is 0 Å². The fourth-order valence-corrected chi connectivity index (χ4v) is 3.48. The van der Waals surface area contributed by atoms with Crippen LogP contribution in [-0.4, -0.2) is 30.3 Å². The molecule has 0 amide bonds. The second-order valence-electron chi connectivity index (χ2n) is 8.52. The van der Waals surface area contributed by atoms with Gasteiger partial charge in [0.15, 0.2) is 0 Å². The highest BCUT2D eigenvalue weighted by molar-refractivity contribution is 4.66. The third-order valence-corrected chi connectivity index (χ3v) is 5.24. The molecule has 0 unspecified atom stereocenters. The van der Waals surface area contributed by atoms with Crippen molar-refractivity contribution in [3.63, 3.8) is 0 Å². The van der Waals surface area contributed by atoms with E-state index in [0.29, 0.717) is 12.0 Å². The fourth-order valence-electron chi connectivity index (χ4n) is 3.48. The van der Waals surface area contributed by atoms with E-state index in [-0.39, 0.29) is 5.48 Å². The first-order valence-electron chi connectivity index (χ1n) is 11.0. The topological polar surface area (TPSA) is 66.8 Å². The molecule has 3 heteroatoms. The molecule has 0 aliphatic rings. The number of nitrogens with two attached hydrogens (primary N) is 1. The number of rotatable bonds is 19. The average Bonchev–Trinajstić information content (AvgIpc) is 2.55. The van der Waals surface area contributed by atoms with E-state index >= 15 is 0 Å². The Hall–Kier alpha value is -0.120. The van der Waals surface area contributed by atoms with Crippen LogP contribution in [0, 0.1) is 5.41 Å². The Balaban J connectivity index is 0. The average molecular weight is 360 g/mol. The van der Waals surface area contributed by atoms with Crippen molar-refractivity contribution in [3.8, 4) is 0 Å². The van der Waals surface area contributed by atoms with Crippen molar-refractivity contribution in [2.45, 2.75) is 117 Å². The van der Waals surface area contributed by atoms with Crippen molar-refractivity contribution in [3.05, 3.63) is 0 Å². The number of aliphatic hydroxyl groups excluding tert-OH is 1. The smallest absolute Gasteiger partial charge is 0.0990 e. The summed E-state index contributed by atoms with van der Waals surface area (Å²) in [6.45, 7) is 9.31.